The zero-order valence-corrected chi connectivity index (χ0v) is 8.47. The van der Waals surface area contributed by atoms with Gasteiger partial charge in [0.15, 0.2) is 6.61 Å². The monoisotopic (exact) mass is 228 g/mol. The number of benzene rings is 1. The van der Waals surface area contributed by atoms with Crippen molar-refractivity contribution in [1.82, 2.24) is 0 Å². The Bertz CT molecular complexity index is 412. The molecule has 0 amide bonds. The van der Waals surface area contributed by atoms with E-state index in [2.05, 4.69) is 0 Å². The van der Waals surface area contributed by atoms with E-state index in [1.807, 2.05) is 0 Å². The summed E-state index contributed by atoms with van der Waals surface area (Å²) in [5.41, 5.74) is -0.138. The summed E-state index contributed by atoms with van der Waals surface area (Å²) in [6.45, 7) is -0.591. The zero-order chi connectivity index (χ0) is 12.1. The van der Waals surface area contributed by atoms with E-state index in [0.717, 1.165) is 0 Å². The Morgan fingerprint density at radius 2 is 2.19 bits per heavy atom. The Balaban J connectivity index is 2.98. The minimum Gasteiger partial charge on any atom is -0.497 e. The molecule has 0 aromatic heterocycles. The Labute approximate surface area is 91.0 Å². The first-order valence-electron chi connectivity index (χ1n) is 4.30. The third-order valence-corrected chi connectivity index (χ3v) is 1.77. The number of hydrogen-bond donors (Lipinski definition) is 2. The van der Waals surface area contributed by atoms with E-state index in [4.69, 9.17) is 19.7 Å². The largest absolute Gasteiger partial charge is 0.497 e. The first-order valence-corrected chi connectivity index (χ1v) is 4.30. The number of hydrogen-bond acceptors (Lipinski definition) is 4. The maximum atomic E-state index is 10.9. The molecule has 0 spiro atoms. The lowest BCUT2D eigenvalue weighted by Crippen LogP contribution is -2.12. The van der Waals surface area contributed by atoms with Crippen LogP contribution in [0.5, 0.6) is 11.5 Å². The fraction of sp³-hybridized carbons (Fsp3) is 0.200. The van der Waals surface area contributed by atoms with Crippen LogP contribution >= 0.6 is 0 Å². The fourth-order valence-electron chi connectivity index (χ4n) is 1.07. The smallest absolute Gasteiger partial charge is 0.341 e. The Hall–Kier alpha value is -2.24. The lowest BCUT2D eigenvalue weighted by Gasteiger charge is -2.08. The van der Waals surface area contributed by atoms with Crippen LogP contribution < -0.4 is 9.47 Å². The lowest BCUT2D eigenvalue weighted by molar-refractivity contribution is -0.139. The summed E-state index contributed by atoms with van der Waals surface area (Å²) < 4.78 is 9.67. The maximum absolute atomic E-state index is 10.9. The average Bonchev–Trinajstić information content (AvgIpc) is 2.25. The third kappa shape index (κ3) is 2.88. The predicted molar refractivity (Wildman–Crippen MR) is 53.1 cm³/mol. The summed E-state index contributed by atoms with van der Waals surface area (Å²) in [6, 6.07) is 4.11. The summed E-state index contributed by atoms with van der Waals surface area (Å²) in [5.74, 6) is -2.03. The molecule has 0 atom stereocenters. The maximum Gasteiger partial charge on any atom is 0.341 e. The number of rotatable bonds is 5. The lowest BCUT2D eigenvalue weighted by atomic mass is 10.3. The van der Waals surface area contributed by atoms with Gasteiger partial charge in [-0.15, -0.1) is 0 Å². The van der Waals surface area contributed by atoms with Gasteiger partial charge in [0.2, 0.25) is 0 Å². The van der Waals surface area contributed by atoms with Crippen LogP contribution in [0, 0.1) is 0 Å². The summed E-state index contributed by atoms with van der Waals surface area (Å²) in [5, 5.41) is 17.3. The average molecular weight is 228 g/mol. The first-order chi connectivity index (χ1) is 7.54. The van der Waals surface area contributed by atoms with Crippen LogP contribution in [-0.2, 0) is 4.79 Å². The van der Waals surface area contributed by atoms with Crippen LogP contribution in [0.25, 0.3) is 0 Å². The van der Waals surface area contributed by atoms with Crippen LogP contribution in [0.15, 0.2) is 18.2 Å². The van der Waals surface area contributed by atoms with Crippen molar-refractivity contribution in [3.05, 3.63) is 23.8 Å². The van der Waals surface area contributed by atoms with Gasteiger partial charge in [0.1, 0.15) is 17.1 Å². The van der Waals surface area contributed by atoms with Gasteiger partial charge in [-0.25, -0.2) is 9.59 Å². The van der Waals surface area contributed by atoms with Crippen molar-refractivity contribution in [2.45, 2.75) is 0 Å². The van der Waals surface area contributed by atoms with Crippen molar-refractivity contribution in [2.24, 2.45) is 0 Å². The molecule has 0 saturated carbocycles. The van der Waals surface area contributed by atoms with Crippen molar-refractivity contribution >= 4 is 11.9 Å². The Morgan fingerprint density at radius 3 is 2.69 bits per heavy atom. The topological polar surface area (TPSA) is 93.1 Å². The van der Waals surface area contributed by atoms with Crippen LogP contribution in [0.3, 0.4) is 0 Å². The molecule has 0 heterocycles. The van der Waals surface area contributed by atoms with E-state index in [1.165, 1.54) is 25.3 Å². The van der Waals surface area contributed by atoms with Gasteiger partial charge in [-0.1, -0.05) is 0 Å². The van der Waals surface area contributed by atoms with Gasteiger partial charge < -0.3 is 19.7 Å². The molecule has 2 N–H and O–H groups in total. The number of ether oxygens (including phenoxy) is 2. The summed E-state index contributed by atoms with van der Waals surface area (Å²) in [7, 11) is 1.40. The van der Waals surface area contributed by atoms with Crippen LogP contribution in [0.2, 0.25) is 0 Å². The molecule has 1 aromatic rings. The SMILES string of the molecule is COc1ccc(OCC(=O)O)c([14C](=O)O)c1. The first kappa shape index (κ1) is 11.8. The second kappa shape index (κ2) is 5.01. The minimum atomic E-state index is -1.21. The third-order valence-electron chi connectivity index (χ3n) is 1.77. The van der Waals surface area contributed by atoms with Crippen LogP contribution in [0.1, 0.15) is 10.4 Å². The molecule has 0 bridgehead atoms. The number of carboxylic acids is 2. The molecule has 6 nitrogen and oxygen atoms in total. The number of methoxy groups -OCH3 is 1. The van der Waals surface area contributed by atoms with Gasteiger partial charge in [-0.05, 0) is 18.2 Å². The van der Waals surface area contributed by atoms with Crippen LogP contribution in [0.4, 0.5) is 0 Å². The molecule has 0 unspecified atom stereocenters. The van der Waals surface area contributed by atoms with Gasteiger partial charge in [-0.3, -0.25) is 0 Å². The molecular formula is C10H10O6. The van der Waals surface area contributed by atoms with Crippen molar-refractivity contribution in [3.8, 4) is 11.5 Å². The highest BCUT2D eigenvalue weighted by Gasteiger charge is 2.13. The second-order valence-corrected chi connectivity index (χ2v) is 2.85. The number of carbonyl (C=O) groups is 2. The Kier molecular flexibility index (Phi) is 3.71. The molecule has 86 valence electrons. The van der Waals surface area contributed by atoms with E-state index >= 15 is 0 Å². The molecule has 0 aliphatic carbocycles. The molecule has 0 aliphatic rings. The molecule has 6 heteroatoms. The predicted octanol–water partition coefficient (Wildman–Crippen LogP) is 0.857. The van der Waals surface area contributed by atoms with Gasteiger partial charge in [0.05, 0.1) is 7.11 Å². The standard InChI is InChI=1S/C10H10O6/c1-15-6-2-3-8(16-5-9(11)12)7(4-6)10(13)14/h2-4H,5H2,1H3,(H,11,12)(H,13,14)/i10+2. The number of aliphatic carboxylic acids is 1. The molecule has 1 aromatic carbocycles. The van der Waals surface area contributed by atoms with Crippen molar-refractivity contribution in [1.29, 1.82) is 0 Å². The highest BCUT2D eigenvalue weighted by molar-refractivity contribution is 5.91. The summed E-state index contributed by atoms with van der Waals surface area (Å²) >= 11 is 0. The molecule has 0 fully saturated rings. The molecule has 16 heavy (non-hydrogen) atoms. The van der Waals surface area contributed by atoms with Crippen molar-refractivity contribution in [3.63, 3.8) is 0 Å². The van der Waals surface area contributed by atoms with Gasteiger partial charge in [0.25, 0.3) is 0 Å². The molecule has 1 rings (SSSR count). The molecule has 0 radical (unpaired) electrons. The molecule has 0 aliphatic heterocycles. The second-order valence-electron chi connectivity index (χ2n) is 2.85. The summed E-state index contributed by atoms with van der Waals surface area (Å²) in [6.07, 6.45) is 0. The molecule has 0 saturated heterocycles. The van der Waals surface area contributed by atoms with Crippen molar-refractivity contribution in [2.75, 3.05) is 13.7 Å². The van der Waals surface area contributed by atoms with E-state index in [-0.39, 0.29) is 11.3 Å². The van der Waals surface area contributed by atoms with Gasteiger partial charge >= 0.3 is 11.9 Å². The van der Waals surface area contributed by atoms with E-state index in [9.17, 15) is 9.59 Å². The molecular weight excluding hydrogens is 218 g/mol. The van der Waals surface area contributed by atoms with E-state index < -0.39 is 18.5 Å². The zero-order valence-electron chi connectivity index (χ0n) is 8.47. The van der Waals surface area contributed by atoms with E-state index in [0.29, 0.717) is 5.75 Å². The van der Waals surface area contributed by atoms with Crippen molar-refractivity contribution < 1.29 is 29.3 Å². The summed E-state index contributed by atoms with van der Waals surface area (Å²) in [4.78, 5) is 21.1. The fourth-order valence-corrected chi connectivity index (χ4v) is 1.07. The normalized spacial score (nSPS) is 9.56. The minimum absolute atomic E-state index is 0.00398. The Morgan fingerprint density at radius 1 is 1.50 bits per heavy atom. The highest BCUT2D eigenvalue weighted by atomic mass is 16.6. The van der Waals surface area contributed by atoms with Gasteiger partial charge in [-0.2, -0.15) is 0 Å². The van der Waals surface area contributed by atoms with Gasteiger partial charge in [0, 0.05) is 0 Å². The van der Waals surface area contributed by atoms with Crippen LogP contribution in [-0.4, -0.2) is 35.9 Å². The number of aromatic carboxylic acids is 1. The highest BCUT2D eigenvalue weighted by Crippen LogP contribution is 2.24. The quantitative estimate of drug-likeness (QED) is 0.776. The number of carboxylic acid groups (broad SMARTS) is 2. The van der Waals surface area contributed by atoms with E-state index in [1.54, 1.807) is 0 Å².